The Hall–Kier alpha value is -3.10. The summed E-state index contributed by atoms with van der Waals surface area (Å²) in [7, 11) is -2.27. The number of anilines is 2. The van der Waals surface area contributed by atoms with Crippen molar-refractivity contribution in [2.24, 2.45) is 5.92 Å². The number of thioether (sulfide) groups is 1. The average molecular weight is 535 g/mol. The number of rotatable bonds is 7. The zero-order valence-corrected chi connectivity index (χ0v) is 22.4. The van der Waals surface area contributed by atoms with Gasteiger partial charge >= 0.3 is 0 Å². The second-order valence-electron chi connectivity index (χ2n) is 9.88. The first-order valence-electron chi connectivity index (χ1n) is 12.5. The van der Waals surface area contributed by atoms with Gasteiger partial charge in [0.2, 0.25) is 0 Å². The zero-order valence-electron chi connectivity index (χ0n) is 20.8. The van der Waals surface area contributed by atoms with Gasteiger partial charge in [0.25, 0.3) is 10.0 Å². The third-order valence-electron chi connectivity index (χ3n) is 7.37. The summed E-state index contributed by atoms with van der Waals surface area (Å²) in [5.41, 5.74) is 4.54. The molecule has 0 spiro atoms. The molecule has 2 N–H and O–H groups in total. The van der Waals surface area contributed by atoms with Gasteiger partial charge in [0.15, 0.2) is 0 Å². The van der Waals surface area contributed by atoms with E-state index in [9.17, 15) is 8.42 Å². The third-order valence-corrected chi connectivity index (χ3v) is 9.95. The van der Waals surface area contributed by atoms with Crippen LogP contribution in [-0.2, 0) is 10.0 Å². The van der Waals surface area contributed by atoms with E-state index in [0.717, 1.165) is 40.5 Å². The molecule has 0 amide bonds. The van der Waals surface area contributed by atoms with E-state index >= 15 is 0 Å². The van der Waals surface area contributed by atoms with Crippen LogP contribution < -0.4 is 19.5 Å². The van der Waals surface area contributed by atoms with Crippen LogP contribution in [-0.4, -0.2) is 33.1 Å². The second-order valence-corrected chi connectivity index (χ2v) is 12.6. The summed E-state index contributed by atoms with van der Waals surface area (Å²) in [6.45, 7) is 1.92. The molecule has 0 aromatic heterocycles. The standard InChI is InChI=1S/C29H30N2O4S2/c1-18-9-12-28(34-2)27(13-18)31-37(32,33)22-10-11-26-25(15-22)23-7-4-8-24(23)29(30-26)19-5-3-6-20(14-19)35-21-16-36-17-21/h3-7,9-15,21,23-24,29-31H,8,16-17H2,1-2H3/t23-,24+,29+/m0/s1. The van der Waals surface area contributed by atoms with Crippen molar-refractivity contribution in [2.75, 3.05) is 28.7 Å². The number of hydrogen-bond acceptors (Lipinski definition) is 6. The summed E-state index contributed by atoms with van der Waals surface area (Å²) in [5, 5.41) is 3.71. The molecular formula is C29H30N2O4S2. The number of methoxy groups -OCH3 is 1. The molecule has 1 saturated heterocycles. The zero-order chi connectivity index (χ0) is 25.6. The molecule has 8 heteroatoms. The number of fused-ring (bicyclic) bond motifs is 3. The van der Waals surface area contributed by atoms with Gasteiger partial charge in [-0.2, -0.15) is 11.8 Å². The summed E-state index contributed by atoms with van der Waals surface area (Å²) in [6, 6.07) is 19.3. The van der Waals surface area contributed by atoms with Crippen LogP contribution in [0.15, 0.2) is 77.7 Å². The molecule has 2 heterocycles. The van der Waals surface area contributed by atoms with Gasteiger partial charge in [0.05, 0.1) is 23.7 Å². The summed E-state index contributed by atoms with van der Waals surface area (Å²) in [4.78, 5) is 0.239. The van der Waals surface area contributed by atoms with Crippen molar-refractivity contribution in [1.29, 1.82) is 0 Å². The number of benzene rings is 3. The average Bonchev–Trinajstić information content (AvgIpc) is 3.36. The Balaban J connectivity index is 1.29. The van der Waals surface area contributed by atoms with Crippen molar-refractivity contribution in [1.82, 2.24) is 0 Å². The van der Waals surface area contributed by atoms with Crippen LogP contribution in [0.2, 0.25) is 0 Å². The largest absolute Gasteiger partial charge is 0.495 e. The maximum atomic E-state index is 13.4. The lowest BCUT2D eigenvalue weighted by molar-refractivity contribution is 0.240. The molecule has 0 radical (unpaired) electrons. The Morgan fingerprint density at radius 3 is 2.70 bits per heavy atom. The SMILES string of the molecule is COc1ccc(C)cc1NS(=O)(=O)c1ccc2c(c1)[C@H]1C=CC[C@H]1[C@@H](c1cccc(OC3CSC3)c1)N2. The molecule has 192 valence electrons. The van der Waals surface area contributed by atoms with Crippen LogP contribution in [0.3, 0.4) is 0 Å². The second kappa shape index (κ2) is 9.65. The van der Waals surface area contributed by atoms with Gasteiger partial charge in [0, 0.05) is 23.1 Å². The number of nitrogens with one attached hydrogen (secondary N) is 2. The molecule has 3 aromatic rings. The van der Waals surface area contributed by atoms with Gasteiger partial charge in [0.1, 0.15) is 17.6 Å². The van der Waals surface area contributed by atoms with Gasteiger partial charge in [-0.1, -0.05) is 30.4 Å². The molecule has 1 fully saturated rings. The Morgan fingerprint density at radius 2 is 1.92 bits per heavy atom. The highest BCUT2D eigenvalue weighted by atomic mass is 32.2. The lowest BCUT2D eigenvalue weighted by Crippen LogP contribution is -2.31. The highest BCUT2D eigenvalue weighted by Gasteiger charge is 2.38. The number of sulfonamides is 1. The van der Waals surface area contributed by atoms with Gasteiger partial charge in [-0.3, -0.25) is 4.72 Å². The van der Waals surface area contributed by atoms with Crippen LogP contribution in [0.4, 0.5) is 11.4 Å². The van der Waals surface area contributed by atoms with Gasteiger partial charge in [-0.25, -0.2) is 8.42 Å². The first kappa shape index (κ1) is 24.2. The molecule has 0 saturated carbocycles. The first-order chi connectivity index (χ1) is 17.9. The quantitative estimate of drug-likeness (QED) is 0.356. The lowest BCUT2D eigenvalue weighted by atomic mass is 9.77. The number of hydrogen-bond donors (Lipinski definition) is 2. The van der Waals surface area contributed by atoms with E-state index < -0.39 is 10.0 Å². The fourth-order valence-electron chi connectivity index (χ4n) is 5.43. The number of ether oxygens (including phenoxy) is 2. The molecule has 6 rings (SSSR count). The molecule has 1 aliphatic carbocycles. The maximum Gasteiger partial charge on any atom is 0.262 e. The van der Waals surface area contributed by atoms with Crippen molar-refractivity contribution in [3.05, 3.63) is 89.5 Å². The van der Waals surface area contributed by atoms with Gasteiger partial charge < -0.3 is 14.8 Å². The topological polar surface area (TPSA) is 76.7 Å². The van der Waals surface area contributed by atoms with Crippen LogP contribution in [0, 0.1) is 12.8 Å². The predicted molar refractivity (Wildman–Crippen MR) is 150 cm³/mol. The van der Waals surface area contributed by atoms with Crippen LogP contribution in [0.5, 0.6) is 11.5 Å². The molecule has 2 aliphatic heterocycles. The normalized spacial score (nSPS) is 22.4. The highest BCUT2D eigenvalue weighted by Crippen LogP contribution is 2.50. The van der Waals surface area contributed by atoms with E-state index in [1.54, 1.807) is 18.2 Å². The summed E-state index contributed by atoms with van der Waals surface area (Å²) in [6.07, 6.45) is 5.66. The van der Waals surface area contributed by atoms with E-state index in [1.165, 1.54) is 12.7 Å². The van der Waals surface area contributed by atoms with Crippen LogP contribution in [0.1, 0.15) is 35.1 Å². The summed E-state index contributed by atoms with van der Waals surface area (Å²) < 4.78 is 41.0. The smallest absolute Gasteiger partial charge is 0.262 e. The Labute approximate surface area is 222 Å². The molecule has 3 atom stereocenters. The fraction of sp³-hybridized carbons (Fsp3) is 0.310. The molecule has 3 aliphatic rings. The van der Waals surface area contributed by atoms with Gasteiger partial charge in [-0.05, 0) is 78.4 Å². The molecule has 0 unspecified atom stereocenters. The minimum Gasteiger partial charge on any atom is -0.495 e. The van der Waals surface area contributed by atoms with E-state index in [0.29, 0.717) is 23.5 Å². The van der Waals surface area contributed by atoms with Crippen molar-refractivity contribution in [3.8, 4) is 11.5 Å². The minimum absolute atomic E-state index is 0.115. The maximum absolute atomic E-state index is 13.4. The molecule has 3 aromatic carbocycles. The third kappa shape index (κ3) is 4.68. The monoisotopic (exact) mass is 534 g/mol. The predicted octanol–water partition coefficient (Wildman–Crippen LogP) is 6.13. The molecular weight excluding hydrogens is 504 g/mol. The summed E-state index contributed by atoms with van der Waals surface area (Å²) in [5.74, 6) is 3.92. The van der Waals surface area contributed by atoms with Crippen molar-refractivity contribution in [3.63, 3.8) is 0 Å². The fourth-order valence-corrected chi connectivity index (χ4v) is 7.09. The van der Waals surface area contributed by atoms with Gasteiger partial charge in [-0.15, -0.1) is 0 Å². The van der Waals surface area contributed by atoms with Crippen molar-refractivity contribution in [2.45, 2.75) is 36.3 Å². The molecule has 37 heavy (non-hydrogen) atoms. The molecule has 6 nitrogen and oxygen atoms in total. The number of allylic oxidation sites excluding steroid dienone is 2. The Kier molecular flexibility index (Phi) is 6.32. The van der Waals surface area contributed by atoms with Crippen LogP contribution >= 0.6 is 11.8 Å². The number of aryl methyl sites for hydroxylation is 1. The van der Waals surface area contributed by atoms with Crippen molar-refractivity contribution < 1.29 is 17.9 Å². The highest BCUT2D eigenvalue weighted by molar-refractivity contribution is 8.00. The lowest BCUT2D eigenvalue weighted by Gasteiger charge is -2.38. The Morgan fingerprint density at radius 1 is 1.05 bits per heavy atom. The van der Waals surface area contributed by atoms with Crippen LogP contribution in [0.25, 0.3) is 0 Å². The molecule has 0 bridgehead atoms. The van der Waals surface area contributed by atoms with E-state index in [4.69, 9.17) is 9.47 Å². The minimum atomic E-state index is -3.80. The van der Waals surface area contributed by atoms with E-state index in [1.807, 2.05) is 43.0 Å². The van der Waals surface area contributed by atoms with E-state index in [-0.39, 0.29) is 16.9 Å². The Bertz CT molecular complexity index is 1470. The summed E-state index contributed by atoms with van der Waals surface area (Å²) >= 11 is 1.91. The first-order valence-corrected chi connectivity index (χ1v) is 15.1. The van der Waals surface area contributed by atoms with E-state index in [2.05, 4.69) is 40.4 Å². The van der Waals surface area contributed by atoms with Crippen molar-refractivity contribution >= 4 is 33.2 Å².